The van der Waals surface area contributed by atoms with Crippen LogP contribution in [-0.4, -0.2) is 48.3 Å². The molecular weight excluding hydrogens is 294 g/mol. The van der Waals surface area contributed by atoms with Crippen LogP contribution in [0, 0.1) is 0 Å². The Kier molecular flexibility index (Phi) is 6.30. The van der Waals surface area contributed by atoms with E-state index in [2.05, 4.69) is 4.98 Å². The minimum atomic E-state index is -1.58. The van der Waals surface area contributed by atoms with Gasteiger partial charge in [0, 0.05) is 6.07 Å². The van der Waals surface area contributed by atoms with Gasteiger partial charge in [-0.05, 0) is 19.9 Å². The summed E-state index contributed by atoms with van der Waals surface area (Å²) >= 11 is 0. The van der Waals surface area contributed by atoms with Gasteiger partial charge in [-0.25, -0.2) is 9.78 Å². The molecule has 8 nitrogen and oxygen atoms in total. The average molecular weight is 311 g/mol. The summed E-state index contributed by atoms with van der Waals surface area (Å²) in [5.74, 6) is -4.70. The van der Waals surface area contributed by atoms with Crippen molar-refractivity contribution >= 4 is 17.9 Å². The van der Waals surface area contributed by atoms with Crippen LogP contribution in [0.5, 0.6) is 5.88 Å². The molecule has 1 aromatic rings. The lowest BCUT2D eigenvalue weighted by molar-refractivity contribution is -0.157. The van der Waals surface area contributed by atoms with E-state index in [0.717, 1.165) is 0 Å². The number of aromatic nitrogens is 1. The van der Waals surface area contributed by atoms with Crippen molar-refractivity contribution in [1.82, 2.24) is 4.98 Å². The minimum Gasteiger partial charge on any atom is -0.481 e. The molecule has 0 saturated heterocycles. The van der Waals surface area contributed by atoms with Crippen LogP contribution in [0.2, 0.25) is 0 Å². The van der Waals surface area contributed by atoms with Gasteiger partial charge in [-0.1, -0.05) is 0 Å². The Morgan fingerprint density at radius 2 is 1.68 bits per heavy atom. The van der Waals surface area contributed by atoms with E-state index in [1.54, 1.807) is 13.8 Å². The number of nitrogens with zero attached hydrogens (tertiary/aromatic N) is 1. The molecular formula is C14H17NO7. The van der Waals surface area contributed by atoms with Gasteiger partial charge in [0.25, 0.3) is 0 Å². The van der Waals surface area contributed by atoms with Crippen LogP contribution in [0.4, 0.5) is 0 Å². The Balaban J connectivity index is 3.41. The third-order valence-electron chi connectivity index (χ3n) is 2.66. The first-order chi connectivity index (χ1) is 10.5. The first-order valence-electron chi connectivity index (χ1n) is 6.57. The third-order valence-corrected chi connectivity index (χ3v) is 2.66. The SMILES string of the molecule is CCOC(=O)C(C(=O)OCC)c1nc(OC)ccc1C(=O)O. The van der Waals surface area contributed by atoms with Crippen LogP contribution in [0.25, 0.3) is 0 Å². The maximum absolute atomic E-state index is 12.0. The lowest BCUT2D eigenvalue weighted by Gasteiger charge is -2.16. The molecule has 0 bridgehead atoms. The topological polar surface area (TPSA) is 112 Å². The smallest absolute Gasteiger partial charge is 0.337 e. The second-order valence-electron chi connectivity index (χ2n) is 4.03. The van der Waals surface area contributed by atoms with Crippen LogP contribution < -0.4 is 4.74 Å². The Hall–Kier alpha value is -2.64. The predicted molar refractivity (Wildman–Crippen MR) is 73.8 cm³/mol. The zero-order valence-electron chi connectivity index (χ0n) is 12.5. The summed E-state index contributed by atoms with van der Waals surface area (Å²) in [4.78, 5) is 39.3. The number of ether oxygens (including phenoxy) is 3. The van der Waals surface area contributed by atoms with Crippen LogP contribution in [0.3, 0.4) is 0 Å². The molecule has 0 aromatic carbocycles. The first kappa shape index (κ1) is 17.4. The van der Waals surface area contributed by atoms with E-state index in [1.165, 1.54) is 19.2 Å². The van der Waals surface area contributed by atoms with Gasteiger partial charge >= 0.3 is 17.9 Å². The molecule has 1 heterocycles. The van der Waals surface area contributed by atoms with E-state index in [0.29, 0.717) is 0 Å². The molecule has 22 heavy (non-hydrogen) atoms. The zero-order chi connectivity index (χ0) is 16.7. The van der Waals surface area contributed by atoms with Crippen molar-refractivity contribution in [3.63, 3.8) is 0 Å². The molecule has 1 rings (SSSR count). The molecule has 0 aliphatic heterocycles. The normalized spacial score (nSPS) is 10.2. The molecule has 1 N–H and O–H groups in total. The number of aromatic carboxylic acids is 1. The fourth-order valence-corrected chi connectivity index (χ4v) is 1.74. The Bertz CT molecular complexity index is 552. The van der Waals surface area contributed by atoms with Crippen molar-refractivity contribution in [3.05, 3.63) is 23.4 Å². The van der Waals surface area contributed by atoms with Crippen LogP contribution in [0.1, 0.15) is 35.8 Å². The van der Waals surface area contributed by atoms with Gasteiger partial charge in [0.05, 0.1) is 31.6 Å². The molecule has 0 saturated carbocycles. The molecule has 0 unspecified atom stereocenters. The van der Waals surface area contributed by atoms with Gasteiger partial charge in [-0.15, -0.1) is 0 Å². The highest BCUT2D eigenvalue weighted by Crippen LogP contribution is 2.24. The lowest BCUT2D eigenvalue weighted by atomic mass is 10.00. The maximum Gasteiger partial charge on any atom is 0.337 e. The Morgan fingerprint density at radius 3 is 2.09 bits per heavy atom. The number of carbonyl (C=O) groups excluding carboxylic acids is 2. The average Bonchev–Trinajstić information content (AvgIpc) is 2.47. The molecule has 0 radical (unpaired) electrons. The van der Waals surface area contributed by atoms with Crippen LogP contribution in [-0.2, 0) is 19.1 Å². The minimum absolute atomic E-state index is 0.0289. The second-order valence-corrected chi connectivity index (χ2v) is 4.03. The summed E-state index contributed by atoms with van der Waals surface area (Å²) in [5.41, 5.74) is -0.573. The molecule has 0 atom stereocenters. The van der Waals surface area contributed by atoms with E-state index >= 15 is 0 Å². The summed E-state index contributed by atoms with van der Waals surface area (Å²) in [6, 6.07) is 2.52. The summed E-state index contributed by atoms with van der Waals surface area (Å²) in [7, 11) is 1.33. The summed E-state index contributed by atoms with van der Waals surface area (Å²) in [6.45, 7) is 3.19. The van der Waals surface area contributed by atoms with Crippen molar-refractivity contribution in [3.8, 4) is 5.88 Å². The van der Waals surface area contributed by atoms with Crippen molar-refractivity contribution in [2.24, 2.45) is 0 Å². The number of methoxy groups -OCH3 is 1. The van der Waals surface area contributed by atoms with E-state index in [-0.39, 0.29) is 30.4 Å². The van der Waals surface area contributed by atoms with Gasteiger partial charge in [-0.2, -0.15) is 0 Å². The quantitative estimate of drug-likeness (QED) is 0.586. The van der Waals surface area contributed by atoms with Crippen molar-refractivity contribution < 1.29 is 33.7 Å². The molecule has 0 fully saturated rings. The molecule has 0 aliphatic rings. The number of carbonyl (C=O) groups is 3. The highest BCUT2D eigenvalue weighted by atomic mass is 16.6. The largest absolute Gasteiger partial charge is 0.481 e. The van der Waals surface area contributed by atoms with E-state index in [9.17, 15) is 19.5 Å². The van der Waals surface area contributed by atoms with Gasteiger partial charge in [0.2, 0.25) is 5.88 Å². The van der Waals surface area contributed by atoms with E-state index < -0.39 is 23.8 Å². The van der Waals surface area contributed by atoms with Gasteiger partial charge in [-0.3, -0.25) is 9.59 Å². The highest BCUT2D eigenvalue weighted by molar-refractivity contribution is 6.03. The number of carboxylic acids is 1. The number of rotatable bonds is 7. The van der Waals surface area contributed by atoms with Gasteiger partial charge in [0.1, 0.15) is 0 Å². The number of carboxylic acid groups (broad SMARTS) is 1. The predicted octanol–water partition coefficient (Wildman–Crippen LogP) is 0.998. The lowest BCUT2D eigenvalue weighted by Crippen LogP contribution is -2.29. The molecule has 0 aliphatic carbocycles. The monoisotopic (exact) mass is 311 g/mol. The van der Waals surface area contributed by atoms with E-state index in [4.69, 9.17) is 14.2 Å². The van der Waals surface area contributed by atoms with E-state index in [1.807, 2.05) is 0 Å². The van der Waals surface area contributed by atoms with Gasteiger partial charge < -0.3 is 19.3 Å². The summed E-state index contributed by atoms with van der Waals surface area (Å²) < 4.78 is 14.6. The molecule has 0 amide bonds. The summed E-state index contributed by atoms with van der Waals surface area (Å²) in [6.07, 6.45) is 0. The van der Waals surface area contributed by atoms with Gasteiger partial charge in [0.15, 0.2) is 5.92 Å². The van der Waals surface area contributed by atoms with Crippen molar-refractivity contribution in [2.45, 2.75) is 19.8 Å². The molecule has 1 aromatic heterocycles. The maximum atomic E-state index is 12.0. The highest BCUT2D eigenvalue weighted by Gasteiger charge is 2.36. The number of esters is 2. The molecule has 8 heteroatoms. The standard InChI is InChI=1S/C14H17NO7/c1-4-21-13(18)10(14(19)22-5-2)11-8(12(16)17)6-7-9(15-11)20-3/h6-7,10H,4-5H2,1-3H3,(H,16,17). The second kappa shape index (κ2) is 7.96. The van der Waals surface area contributed by atoms with Crippen LogP contribution in [0.15, 0.2) is 12.1 Å². The van der Waals surface area contributed by atoms with Crippen molar-refractivity contribution in [2.75, 3.05) is 20.3 Å². The molecule has 120 valence electrons. The first-order valence-corrected chi connectivity index (χ1v) is 6.57. The molecule has 0 spiro atoms. The third kappa shape index (κ3) is 3.94. The van der Waals surface area contributed by atoms with Crippen LogP contribution >= 0.6 is 0 Å². The van der Waals surface area contributed by atoms with Crippen molar-refractivity contribution in [1.29, 1.82) is 0 Å². The number of pyridine rings is 1. The number of hydrogen-bond donors (Lipinski definition) is 1. The fraction of sp³-hybridized carbons (Fsp3) is 0.429. The Morgan fingerprint density at radius 1 is 1.14 bits per heavy atom. The summed E-state index contributed by atoms with van der Waals surface area (Å²) in [5, 5.41) is 9.22. The zero-order valence-corrected chi connectivity index (χ0v) is 12.5. The fourth-order valence-electron chi connectivity index (χ4n) is 1.74. The number of hydrogen-bond acceptors (Lipinski definition) is 7. The Labute approximate surface area is 127 Å².